The number of hydrogen-bond donors (Lipinski definition) is 0. The quantitative estimate of drug-likeness (QED) is 0.313. The molecule has 0 unspecified atom stereocenters. The van der Waals surface area contributed by atoms with Gasteiger partial charge in [-0.1, -0.05) is 0 Å². The molecule has 10 heteroatoms. The predicted molar refractivity (Wildman–Crippen MR) is 30.0 cm³/mol. The summed E-state index contributed by atoms with van der Waals surface area (Å²) in [6, 6.07) is 0. The average Bonchev–Trinajstić information content (AvgIpc) is 1.39. The van der Waals surface area contributed by atoms with Crippen molar-refractivity contribution in [3.63, 3.8) is 0 Å². The van der Waals surface area contributed by atoms with Gasteiger partial charge in [0.15, 0.2) is 0 Å². The summed E-state index contributed by atoms with van der Waals surface area (Å²) < 4.78 is 0. The van der Waals surface area contributed by atoms with Crippen LogP contribution in [0.1, 0.15) is 1.43 Å². The van der Waals surface area contributed by atoms with Crippen molar-refractivity contribution in [1.82, 2.24) is 0 Å². The van der Waals surface area contributed by atoms with Crippen LogP contribution >= 0.6 is 0 Å². The molecule has 0 radical (unpaired) electrons. The summed E-state index contributed by atoms with van der Waals surface area (Å²) in [7, 11) is 0. The molecule has 0 atom stereocenters. The minimum absolute atomic E-state index is 0. The molecule has 0 saturated heterocycles. The van der Waals surface area contributed by atoms with Crippen LogP contribution in [0.15, 0.2) is 10.7 Å². The molecule has 0 amide bonds. The van der Waals surface area contributed by atoms with Crippen LogP contribution in [0, 0.1) is 20.2 Å². The smallest absolute Gasteiger partial charge is 1.00 e. The van der Waals surface area contributed by atoms with E-state index in [1.54, 1.807) is 0 Å². The number of hydrogen-bond acceptors (Lipinski definition) is 6. The Hall–Kier alpha value is 0.408. The fourth-order valence-electron chi connectivity index (χ4n) is 0. The van der Waals surface area contributed by atoms with Crippen LogP contribution in [0.3, 0.4) is 0 Å². The Kier molecular flexibility index (Phi) is 544. The molecule has 0 bridgehead atoms. The van der Waals surface area contributed by atoms with Gasteiger partial charge >= 0.3 is 50.6 Å². The fraction of sp³-hybridized carbons (Fsp3) is 0. The van der Waals surface area contributed by atoms with Gasteiger partial charge in [0, 0.05) is 0 Å². The Balaban J connectivity index is -0.00000000400. The normalized spacial score (nSPS) is 2.40. The van der Waals surface area contributed by atoms with E-state index in [1.807, 2.05) is 0 Å². The van der Waals surface area contributed by atoms with E-state index in [4.69, 9.17) is 20.2 Å². The molecular formula is H5N4NaO4Pt-2. The van der Waals surface area contributed by atoms with Crippen LogP contribution in [-0.4, -0.2) is 0 Å². The summed E-state index contributed by atoms with van der Waals surface area (Å²) >= 11 is 0. The van der Waals surface area contributed by atoms with Crippen molar-refractivity contribution in [2.45, 2.75) is 0 Å². The van der Waals surface area contributed by atoms with Gasteiger partial charge in [-0.05, 0) is 0 Å². The van der Waals surface area contributed by atoms with Crippen LogP contribution in [0.5, 0.6) is 0 Å². The Labute approximate surface area is 94.8 Å². The third-order valence-electron chi connectivity index (χ3n) is 0. The SMILES string of the molecule is O=N[O-].O=N[O-].[H-].[NH2-].[NH2-].[Na+].[Pt+2]. The topological polar surface area (TPSA) is 172 Å². The average molecular weight is 343 g/mol. The number of nitrogens with zero attached hydrogens (tertiary/aromatic N) is 2. The van der Waals surface area contributed by atoms with Gasteiger partial charge in [0.05, 0.1) is 0 Å². The van der Waals surface area contributed by atoms with Gasteiger partial charge in [0.1, 0.15) is 0 Å². The molecule has 4 N–H and O–H groups in total. The summed E-state index contributed by atoms with van der Waals surface area (Å²) in [4.78, 5) is 16.0. The van der Waals surface area contributed by atoms with E-state index in [0.717, 1.165) is 10.7 Å². The molecule has 62 valence electrons. The molecule has 0 aliphatic rings. The Morgan fingerprint density at radius 2 is 1.00 bits per heavy atom. The summed E-state index contributed by atoms with van der Waals surface area (Å²) in [5, 5.41) is 18.0. The molecule has 0 aromatic rings. The fourth-order valence-corrected chi connectivity index (χ4v) is 0. The van der Waals surface area contributed by atoms with E-state index in [9.17, 15) is 0 Å². The first-order chi connectivity index (χ1) is 2.83. The van der Waals surface area contributed by atoms with Crippen molar-refractivity contribution < 1.29 is 52.0 Å². The Bertz CT molecular complexity index is 43.1. The second kappa shape index (κ2) is 115. The van der Waals surface area contributed by atoms with Crippen LogP contribution in [0.4, 0.5) is 0 Å². The van der Waals surface area contributed by atoms with Crippen LogP contribution in [-0.2, 0) is 21.1 Å². The zero-order valence-corrected chi connectivity index (χ0v) is 9.27. The maximum Gasteiger partial charge on any atom is 2.00 e. The van der Waals surface area contributed by atoms with Gasteiger partial charge < -0.3 is 34.0 Å². The molecule has 8 nitrogen and oxygen atoms in total. The van der Waals surface area contributed by atoms with Crippen molar-refractivity contribution in [3.8, 4) is 0 Å². The van der Waals surface area contributed by atoms with E-state index in [-0.39, 0.29) is 64.4 Å². The summed E-state index contributed by atoms with van der Waals surface area (Å²) in [6.45, 7) is 0. The molecule has 0 heterocycles. The maximum atomic E-state index is 8.00. The van der Waals surface area contributed by atoms with Gasteiger partial charge in [-0.2, -0.15) is 0 Å². The summed E-state index contributed by atoms with van der Waals surface area (Å²) in [6.07, 6.45) is 0. The third-order valence-corrected chi connectivity index (χ3v) is 0. The minimum atomic E-state index is 0. The van der Waals surface area contributed by atoms with Gasteiger partial charge in [-0.15, -0.1) is 10.7 Å². The molecule has 0 rings (SSSR count). The van der Waals surface area contributed by atoms with Crippen molar-refractivity contribution >= 4 is 0 Å². The van der Waals surface area contributed by atoms with Gasteiger partial charge in [-0.3, -0.25) is 0 Å². The molecular weight excluding hydrogens is 338 g/mol. The molecule has 0 aromatic heterocycles. The molecule has 0 aliphatic carbocycles. The first-order valence-corrected chi connectivity index (χ1v) is 0.730. The molecule has 0 aliphatic heterocycles. The largest absolute Gasteiger partial charge is 2.00 e. The van der Waals surface area contributed by atoms with Crippen molar-refractivity contribution in [2.24, 2.45) is 10.7 Å². The Morgan fingerprint density at radius 1 is 1.00 bits per heavy atom. The van der Waals surface area contributed by atoms with Gasteiger partial charge in [0.25, 0.3) is 0 Å². The van der Waals surface area contributed by atoms with Crippen molar-refractivity contribution in [2.75, 3.05) is 0 Å². The molecule has 0 spiro atoms. The monoisotopic (exact) mass is 343 g/mol. The van der Waals surface area contributed by atoms with Crippen molar-refractivity contribution in [3.05, 3.63) is 32.5 Å². The van der Waals surface area contributed by atoms with E-state index >= 15 is 0 Å². The first kappa shape index (κ1) is 47.4. The van der Waals surface area contributed by atoms with Crippen molar-refractivity contribution in [1.29, 1.82) is 0 Å². The van der Waals surface area contributed by atoms with E-state index in [0.29, 0.717) is 0 Å². The molecule has 0 fully saturated rings. The first-order valence-electron chi connectivity index (χ1n) is 0.730. The van der Waals surface area contributed by atoms with E-state index in [2.05, 4.69) is 0 Å². The van der Waals surface area contributed by atoms with Crippen LogP contribution < -0.4 is 29.6 Å². The van der Waals surface area contributed by atoms with Crippen LogP contribution in [0.2, 0.25) is 0 Å². The summed E-state index contributed by atoms with van der Waals surface area (Å²) in [5.74, 6) is 0. The number of nitrogens with two attached hydrogens (primary N) is 2. The van der Waals surface area contributed by atoms with Gasteiger partial charge in [0.2, 0.25) is 0 Å². The molecule has 0 saturated carbocycles. The zero-order valence-electron chi connectivity index (χ0n) is 6.00. The molecule has 0 aromatic carbocycles. The van der Waals surface area contributed by atoms with Gasteiger partial charge in [-0.25, -0.2) is 0 Å². The van der Waals surface area contributed by atoms with E-state index in [1.165, 1.54) is 0 Å². The van der Waals surface area contributed by atoms with Crippen LogP contribution in [0.25, 0.3) is 12.3 Å². The number of rotatable bonds is 0. The third kappa shape index (κ3) is 2770. The minimum Gasteiger partial charge on any atom is -1.00 e. The van der Waals surface area contributed by atoms with E-state index < -0.39 is 0 Å². The standard InChI is InChI=1S/2HNO2.2H2N.Na.Pt.H/c2*2-1-3;;;;;/h2*(H,2,3);2*1H2;;;/q;;2*-1;+1;+2;-1/p-2. The zero-order chi connectivity index (χ0) is 5.41. The summed E-state index contributed by atoms with van der Waals surface area (Å²) in [5.41, 5.74) is 0. The second-order valence-electron chi connectivity index (χ2n) is 0.149. The second-order valence-corrected chi connectivity index (χ2v) is 0.149. The Morgan fingerprint density at radius 3 is 1.00 bits per heavy atom. The molecule has 10 heavy (non-hydrogen) atoms. The maximum absolute atomic E-state index is 8.00. The predicted octanol–water partition coefficient (Wildman–Crippen LogP) is -0.951.